The third-order valence-corrected chi connectivity index (χ3v) is 4.14. The summed E-state index contributed by atoms with van der Waals surface area (Å²) in [5.41, 5.74) is 0.705. The summed E-state index contributed by atoms with van der Waals surface area (Å²) in [6.45, 7) is 0.246. The van der Waals surface area contributed by atoms with Crippen LogP contribution in [0.3, 0.4) is 0 Å². The van der Waals surface area contributed by atoms with E-state index in [4.69, 9.17) is 16.7 Å². The van der Waals surface area contributed by atoms with Crippen molar-refractivity contribution in [2.45, 2.75) is 38.3 Å². The molecule has 2 rings (SSSR count). The number of hydrogen-bond acceptors (Lipinski definition) is 2. The third-order valence-electron chi connectivity index (χ3n) is 3.85. The lowest BCUT2D eigenvalue weighted by molar-refractivity contribution is -0.142. The molecule has 1 aromatic rings. The van der Waals surface area contributed by atoms with Crippen molar-refractivity contribution in [2.24, 2.45) is 5.92 Å². The van der Waals surface area contributed by atoms with E-state index in [0.29, 0.717) is 31.2 Å². The Balaban J connectivity index is 1.74. The molecule has 1 fully saturated rings. The van der Waals surface area contributed by atoms with Gasteiger partial charge < -0.3 is 15.7 Å². The van der Waals surface area contributed by atoms with Crippen LogP contribution in [-0.2, 0) is 11.3 Å². The van der Waals surface area contributed by atoms with Gasteiger partial charge in [0, 0.05) is 12.6 Å². The number of aliphatic carboxylic acids is 1. The maximum absolute atomic E-state index is 13.0. The molecule has 1 aromatic carbocycles. The van der Waals surface area contributed by atoms with Crippen LogP contribution in [0.5, 0.6) is 0 Å². The molecule has 0 saturated heterocycles. The van der Waals surface area contributed by atoms with E-state index < -0.39 is 11.8 Å². The topological polar surface area (TPSA) is 78.4 Å². The Bertz CT molecular complexity index is 560. The van der Waals surface area contributed by atoms with Crippen LogP contribution in [0, 0.1) is 11.7 Å². The molecule has 5 nitrogen and oxygen atoms in total. The molecule has 0 atom stereocenters. The number of rotatable bonds is 4. The van der Waals surface area contributed by atoms with Crippen molar-refractivity contribution in [3.05, 3.63) is 34.6 Å². The quantitative estimate of drug-likeness (QED) is 0.795. The van der Waals surface area contributed by atoms with Gasteiger partial charge in [-0.1, -0.05) is 17.7 Å². The minimum atomic E-state index is -0.768. The normalized spacial score (nSPS) is 21.2. The molecular formula is C15H18ClFN2O3. The summed E-state index contributed by atoms with van der Waals surface area (Å²) < 4.78 is 13.0. The molecule has 0 aromatic heterocycles. The van der Waals surface area contributed by atoms with E-state index in [9.17, 15) is 14.0 Å². The second-order valence-electron chi connectivity index (χ2n) is 5.46. The van der Waals surface area contributed by atoms with Gasteiger partial charge >= 0.3 is 12.0 Å². The summed E-state index contributed by atoms with van der Waals surface area (Å²) in [7, 11) is 0. The fourth-order valence-electron chi connectivity index (χ4n) is 2.55. The molecule has 0 radical (unpaired) electrons. The molecule has 0 heterocycles. The summed E-state index contributed by atoms with van der Waals surface area (Å²) in [5.74, 6) is -1.57. The third kappa shape index (κ3) is 4.59. The van der Waals surface area contributed by atoms with Crippen LogP contribution in [0.15, 0.2) is 18.2 Å². The number of halogens is 2. The SMILES string of the molecule is O=C(NCc1ccc(F)c(Cl)c1)NC1CCC(C(=O)O)CC1. The summed E-state index contributed by atoms with van der Waals surface area (Å²) in [6, 6.07) is 3.95. The first-order chi connectivity index (χ1) is 10.5. The van der Waals surface area contributed by atoms with Crippen molar-refractivity contribution in [1.29, 1.82) is 0 Å². The van der Waals surface area contributed by atoms with Gasteiger partial charge in [-0.2, -0.15) is 0 Å². The lowest BCUT2D eigenvalue weighted by atomic mass is 9.86. The number of carbonyl (C=O) groups excluding carboxylic acids is 1. The molecule has 0 aliphatic heterocycles. The van der Waals surface area contributed by atoms with Gasteiger partial charge in [-0.15, -0.1) is 0 Å². The van der Waals surface area contributed by atoms with E-state index in [1.54, 1.807) is 6.07 Å². The van der Waals surface area contributed by atoms with E-state index in [1.165, 1.54) is 12.1 Å². The van der Waals surface area contributed by atoms with Crippen molar-refractivity contribution in [3.63, 3.8) is 0 Å². The zero-order valence-corrected chi connectivity index (χ0v) is 12.7. The molecule has 1 saturated carbocycles. The molecule has 1 aliphatic carbocycles. The predicted octanol–water partition coefficient (Wildman–Crippen LogP) is 2.92. The largest absolute Gasteiger partial charge is 0.481 e. The number of nitrogens with one attached hydrogen (secondary N) is 2. The van der Waals surface area contributed by atoms with Gasteiger partial charge in [0.05, 0.1) is 10.9 Å². The summed E-state index contributed by atoms with van der Waals surface area (Å²) in [4.78, 5) is 22.7. The first kappa shape index (κ1) is 16.5. The van der Waals surface area contributed by atoms with E-state index in [0.717, 1.165) is 0 Å². The van der Waals surface area contributed by atoms with Gasteiger partial charge in [0.1, 0.15) is 5.82 Å². The average Bonchev–Trinajstić information content (AvgIpc) is 2.49. The highest BCUT2D eigenvalue weighted by Crippen LogP contribution is 2.24. The number of urea groups is 1. The fraction of sp³-hybridized carbons (Fsp3) is 0.467. The first-order valence-electron chi connectivity index (χ1n) is 7.17. The van der Waals surface area contributed by atoms with Gasteiger partial charge in [-0.05, 0) is 43.4 Å². The Labute approximate surface area is 132 Å². The maximum Gasteiger partial charge on any atom is 0.315 e. The molecule has 1 aliphatic rings. The highest BCUT2D eigenvalue weighted by Gasteiger charge is 2.26. The zero-order chi connectivity index (χ0) is 16.1. The van der Waals surface area contributed by atoms with Gasteiger partial charge in [-0.3, -0.25) is 4.79 Å². The number of carbonyl (C=O) groups is 2. The first-order valence-corrected chi connectivity index (χ1v) is 7.54. The molecular weight excluding hydrogens is 311 g/mol. The minimum absolute atomic E-state index is 0.00703. The molecule has 3 N–H and O–H groups in total. The van der Waals surface area contributed by atoms with Crippen molar-refractivity contribution in [3.8, 4) is 0 Å². The minimum Gasteiger partial charge on any atom is -0.481 e. The van der Waals surface area contributed by atoms with Gasteiger partial charge in [0.15, 0.2) is 0 Å². The predicted molar refractivity (Wildman–Crippen MR) is 80.2 cm³/mol. The average molecular weight is 329 g/mol. The molecule has 0 bridgehead atoms. The Morgan fingerprint density at radius 1 is 1.27 bits per heavy atom. The highest BCUT2D eigenvalue weighted by atomic mass is 35.5. The van der Waals surface area contributed by atoms with Crippen LogP contribution in [0.1, 0.15) is 31.2 Å². The molecule has 0 spiro atoms. The smallest absolute Gasteiger partial charge is 0.315 e. The molecule has 120 valence electrons. The Morgan fingerprint density at radius 3 is 2.55 bits per heavy atom. The van der Waals surface area contributed by atoms with Crippen molar-refractivity contribution in [2.75, 3.05) is 0 Å². The van der Waals surface area contributed by atoms with Crippen LogP contribution in [0.25, 0.3) is 0 Å². The Kier molecular flexibility index (Phi) is 5.60. The van der Waals surface area contributed by atoms with Gasteiger partial charge in [-0.25, -0.2) is 9.18 Å². The maximum atomic E-state index is 13.0. The van der Waals surface area contributed by atoms with E-state index in [2.05, 4.69) is 10.6 Å². The van der Waals surface area contributed by atoms with Gasteiger partial charge in [0.2, 0.25) is 0 Å². The summed E-state index contributed by atoms with van der Waals surface area (Å²) >= 11 is 5.67. The second kappa shape index (κ2) is 7.45. The van der Waals surface area contributed by atoms with Crippen molar-refractivity contribution < 1.29 is 19.1 Å². The van der Waals surface area contributed by atoms with E-state index >= 15 is 0 Å². The second-order valence-corrected chi connectivity index (χ2v) is 5.87. The van der Waals surface area contributed by atoms with Crippen molar-refractivity contribution >= 4 is 23.6 Å². The molecule has 0 unspecified atom stereocenters. The lowest BCUT2D eigenvalue weighted by Gasteiger charge is -2.26. The zero-order valence-electron chi connectivity index (χ0n) is 11.9. The standard InChI is InChI=1S/C15H18ClFN2O3/c16-12-7-9(1-6-13(12)17)8-18-15(22)19-11-4-2-10(3-5-11)14(20)21/h1,6-7,10-11H,2-5,8H2,(H,20,21)(H2,18,19,22). The monoisotopic (exact) mass is 328 g/mol. The Hall–Kier alpha value is -1.82. The number of benzene rings is 1. The Morgan fingerprint density at radius 2 is 1.95 bits per heavy atom. The molecule has 2 amide bonds. The van der Waals surface area contributed by atoms with Gasteiger partial charge in [0.25, 0.3) is 0 Å². The summed E-state index contributed by atoms with van der Waals surface area (Å²) in [6.07, 6.45) is 2.47. The van der Waals surface area contributed by atoms with Crippen LogP contribution in [0.4, 0.5) is 9.18 Å². The fourth-order valence-corrected chi connectivity index (χ4v) is 2.76. The van der Waals surface area contributed by atoms with E-state index in [-0.39, 0.29) is 29.6 Å². The molecule has 22 heavy (non-hydrogen) atoms. The summed E-state index contributed by atoms with van der Waals surface area (Å²) in [5, 5.41) is 14.4. The van der Waals surface area contributed by atoms with Crippen molar-refractivity contribution in [1.82, 2.24) is 10.6 Å². The van der Waals surface area contributed by atoms with Crippen LogP contribution >= 0.6 is 11.6 Å². The lowest BCUT2D eigenvalue weighted by Crippen LogP contribution is -2.43. The highest BCUT2D eigenvalue weighted by molar-refractivity contribution is 6.30. The van der Waals surface area contributed by atoms with Crippen LogP contribution in [-0.4, -0.2) is 23.1 Å². The van der Waals surface area contributed by atoms with E-state index in [1.807, 2.05) is 0 Å². The van der Waals surface area contributed by atoms with Crippen LogP contribution < -0.4 is 10.6 Å². The number of carboxylic acids is 1. The van der Waals surface area contributed by atoms with Crippen LogP contribution in [0.2, 0.25) is 5.02 Å². The number of hydrogen-bond donors (Lipinski definition) is 3. The number of amides is 2. The number of carboxylic acid groups (broad SMARTS) is 1. The molecule has 7 heteroatoms.